The van der Waals surface area contributed by atoms with E-state index in [1.54, 1.807) is 18.3 Å². The van der Waals surface area contributed by atoms with E-state index < -0.39 is 23.4 Å². The van der Waals surface area contributed by atoms with E-state index in [1.807, 2.05) is 6.20 Å². The third-order valence-corrected chi connectivity index (χ3v) is 6.66. The Morgan fingerprint density at radius 3 is 2.68 bits per heavy atom. The second-order valence-corrected chi connectivity index (χ2v) is 10.1. The summed E-state index contributed by atoms with van der Waals surface area (Å²) in [5, 5.41) is 7.19. The van der Waals surface area contributed by atoms with Gasteiger partial charge in [0.25, 0.3) is 5.95 Å². The van der Waals surface area contributed by atoms with E-state index in [9.17, 15) is 13.2 Å². The third kappa shape index (κ3) is 4.66. The van der Waals surface area contributed by atoms with Crippen LogP contribution < -0.4 is 15.5 Å². The molecule has 1 saturated carbocycles. The van der Waals surface area contributed by atoms with E-state index in [0.717, 1.165) is 49.2 Å². The van der Waals surface area contributed by atoms with Crippen LogP contribution in [-0.2, 0) is 0 Å². The van der Waals surface area contributed by atoms with Gasteiger partial charge in [-0.2, -0.15) is 9.37 Å². The highest BCUT2D eigenvalue weighted by molar-refractivity contribution is 5.94. The first kappa shape index (κ1) is 23.5. The van der Waals surface area contributed by atoms with Crippen LogP contribution in [0.4, 0.5) is 30.6 Å². The zero-order valence-corrected chi connectivity index (χ0v) is 20.4. The Bertz CT molecular complexity index is 1510. The van der Waals surface area contributed by atoms with Crippen LogP contribution >= 0.6 is 0 Å². The van der Waals surface area contributed by atoms with Crippen LogP contribution in [0.15, 0.2) is 36.8 Å². The van der Waals surface area contributed by atoms with Gasteiger partial charge >= 0.3 is 0 Å². The van der Waals surface area contributed by atoms with Crippen molar-refractivity contribution >= 4 is 28.4 Å². The number of piperazine rings is 1. The molecule has 37 heavy (non-hydrogen) atoms. The van der Waals surface area contributed by atoms with Crippen molar-refractivity contribution in [3.8, 4) is 11.4 Å². The van der Waals surface area contributed by atoms with Crippen molar-refractivity contribution in [1.29, 1.82) is 0 Å². The molecule has 6 rings (SSSR count). The lowest BCUT2D eigenvalue weighted by molar-refractivity contribution is 0.352. The lowest BCUT2D eigenvalue weighted by atomic mass is 10.0. The van der Waals surface area contributed by atoms with Gasteiger partial charge in [-0.25, -0.2) is 23.7 Å². The lowest BCUT2D eigenvalue weighted by Crippen LogP contribution is -2.57. The van der Waals surface area contributed by atoms with Crippen molar-refractivity contribution in [2.45, 2.75) is 38.1 Å². The minimum Gasteiger partial charge on any atom is -0.353 e. The SMILES string of the molecule is CC1(C)CN(c2nc(-c3ccnc(Nc4nc(F)c(F)cc4F)c3)nc3cncc(C4CC4)c23)CCN1. The normalized spacial score (nSPS) is 17.3. The topological polar surface area (TPSA) is 91.8 Å². The Balaban J connectivity index is 1.44. The molecule has 2 N–H and O–H groups in total. The standard InChI is InChI=1S/C26H25F3N8/c1-26(2)13-37(8-7-32-26)25-21-16(14-3-4-14)11-30-12-19(21)33-23(36-25)15-5-6-31-20(9-15)34-24-18(28)10-17(27)22(29)35-24/h5-6,9-12,14,32H,3-4,7-8,13H2,1-2H3,(H,31,34,35). The molecule has 4 aromatic heterocycles. The van der Waals surface area contributed by atoms with Crippen molar-refractivity contribution in [3.63, 3.8) is 0 Å². The maximum atomic E-state index is 14.1. The van der Waals surface area contributed by atoms with Crippen molar-refractivity contribution in [2.24, 2.45) is 0 Å². The predicted molar refractivity (Wildman–Crippen MR) is 134 cm³/mol. The number of fused-ring (bicyclic) bond motifs is 1. The number of aromatic nitrogens is 5. The Kier molecular flexibility index (Phi) is 5.67. The molecule has 0 bridgehead atoms. The van der Waals surface area contributed by atoms with Gasteiger partial charge in [0.2, 0.25) is 0 Å². The van der Waals surface area contributed by atoms with E-state index in [4.69, 9.17) is 9.97 Å². The Labute approximate surface area is 211 Å². The van der Waals surface area contributed by atoms with E-state index in [-0.39, 0.29) is 11.4 Å². The average molecular weight is 507 g/mol. The summed E-state index contributed by atoms with van der Waals surface area (Å²) >= 11 is 0. The van der Waals surface area contributed by atoms with Crippen LogP contribution in [0, 0.1) is 17.6 Å². The molecule has 11 heteroatoms. The molecule has 4 aromatic rings. The number of nitrogens with zero attached hydrogens (tertiary/aromatic N) is 6. The van der Waals surface area contributed by atoms with E-state index in [0.29, 0.717) is 23.4 Å². The fraction of sp³-hybridized carbons (Fsp3) is 0.346. The Hall–Kier alpha value is -3.86. The van der Waals surface area contributed by atoms with Gasteiger partial charge in [0.05, 0.1) is 11.7 Å². The minimum atomic E-state index is -1.40. The predicted octanol–water partition coefficient (Wildman–Crippen LogP) is 4.71. The molecule has 190 valence electrons. The number of hydrogen-bond acceptors (Lipinski definition) is 8. The summed E-state index contributed by atoms with van der Waals surface area (Å²) < 4.78 is 41.0. The van der Waals surface area contributed by atoms with Crippen LogP contribution in [-0.4, -0.2) is 50.1 Å². The average Bonchev–Trinajstić information content (AvgIpc) is 3.71. The smallest absolute Gasteiger partial charge is 0.251 e. The fourth-order valence-electron chi connectivity index (χ4n) is 4.76. The highest BCUT2D eigenvalue weighted by Crippen LogP contribution is 2.45. The zero-order chi connectivity index (χ0) is 25.7. The lowest BCUT2D eigenvalue weighted by Gasteiger charge is -2.40. The molecule has 0 atom stereocenters. The molecular formula is C26H25F3N8. The summed E-state index contributed by atoms with van der Waals surface area (Å²) in [6.07, 6.45) is 7.45. The molecule has 2 fully saturated rings. The first-order valence-electron chi connectivity index (χ1n) is 12.2. The zero-order valence-electron chi connectivity index (χ0n) is 20.4. The number of nitrogens with one attached hydrogen (secondary N) is 2. The molecule has 0 radical (unpaired) electrons. The summed E-state index contributed by atoms with van der Waals surface area (Å²) in [4.78, 5) is 24.1. The summed E-state index contributed by atoms with van der Waals surface area (Å²) in [5.74, 6) is -2.29. The summed E-state index contributed by atoms with van der Waals surface area (Å²) in [6.45, 7) is 6.73. The molecule has 0 aromatic carbocycles. The van der Waals surface area contributed by atoms with Crippen molar-refractivity contribution < 1.29 is 13.2 Å². The molecular weight excluding hydrogens is 481 g/mol. The number of hydrogen-bond donors (Lipinski definition) is 2. The number of pyridine rings is 3. The van der Waals surface area contributed by atoms with Gasteiger partial charge in [0.15, 0.2) is 23.3 Å². The number of halogens is 3. The second-order valence-electron chi connectivity index (χ2n) is 10.1. The molecule has 1 aliphatic heterocycles. The summed E-state index contributed by atoms with van der Waals surface area (Å²) in [6, 6.07) is 3.80. The van der Waals surface area contributed by atoms with Gasteiger partial charge in [-0.1, -0.05) is 0 Å². The quantitative estimate of drug-likeness (QED) is 0.376. The molecule has 8 nitrogen and oxygen atoms in total. The summed E-state index contributed by atoms with van der Waals surface area (Å²) in [5.41, 5.74) is 2.46. The molecule has 0 amide bonds. The maximum absolute atomic E-state index is 14.1. The van der Waals surface area contributed by atoms with Crippen LogP contribution in [0.25, 0.3) is 22.3 Å². The second kappa shape index (κ2) is 8.91. The van der Waals surface area contributed by atoms with Crippen LogP contribution in [0.2, 0.25) is 0 Å². The van der Waals surface area contributed by atoms with E-state index in [2.05, 4.69) is 44.3 Å². The van der Waals surface area contributed by atoms with Gasteiger partial charge in [0.1, 0.15) is 11.6 Å². The van der Waals surface area contributed by atoms with Crippen LogP contribution in [0.5, 0.6) is 0 Å². The van der Waals surface area contributed by atoms with Gasteiger partial charge < -0.3 is 15.5 Å². The Morgan fingerprint density at radius 1 is 1.05 bits per heavy atom. The first-order valence-corrected chi connectivity index (χ1v) is 12.2. The molecule has 2 aliphatic rings. The number of rotatable bonds is 5. The van der Waals surface area contributed by atoms with E-state index >= 15 is 0 Å². The monoisotopic (exact) mass is 506 g/mol. The number of anilines is 3. The summed E-state index contributed by atoms with van der Waals surface area (Å²) in [7, 11) is 0. The van der Waals surface area contributed by atoms with Crippen molar-refractivity contribution in [3.05, 3.63) is 59.9 Å². The Morgan fingerprint density at radius 2 is 1.89 bits per heavy atom. The van der Waals surface area contributed by atoms with Crippen molar-refractivity contribution in [2.75, 3.05) is 29.9 Å². The molecule has 1 saturated heterocycles. The minimum absolute atomic E-state index is 0.0856. The van der Waals surface area contributed by atoms with Crippen molar-refractivity contribution in [1.82, 2.24) is 30.2 Å². The van der Waals surface area contributed by atoms with Gasteiger partial charge in [-0.05, 0) is 50.3 Å². The fourth-order valence-corrected chi connectivity index (χ4v) is 4.76. The highest BCUT2D eigenvalue weighted by atomic mass is 19.2. The molecule has 0 unspecified atom stereocenters. The largest absolute Gasteiger partial charge is 0.353 e. The maximum Gasteiger partial charge on any atom is 0.251 e. The van der Waals surface area contributed by atoms with E-state index in [1.165, 1.54) is 11.8 Å². The van der Waals surface area contributed by atoms with Gasteiger partial charge in [0, 0.05) is 54.6 Å². The van der Waals surface area contributed by atoms with Crippen LogP contribution in [0.1, 0.15) is 38.2 Å². The van der Waals surface area contributed by atoms with Gasteiger partial charge in [-0.3, -0.25) is 4.98 Å². The van der Waals surface area contributed by atoms with Gasteiger partial charge in [-0.15, -0.1) is 0 Å². The van der Waals surface area contributed by atoms with Crippen LogP contribution in [0.3, 0.4) is 0 Å². The molecule has 0 spiro atoms. The molecule has 1 aliphatic carbocycles. The molecule has 5 heterocycles. The highest BCUT2D eigenvalue weighted by Gasteiger charge is 2.32. The third-order valence-electron chi connectivity index (χ3n) is 6.66. The first-order chi connectivity index (χ1) is 17.8.